The summed E-state index contributed by atoms with van der Waals surface area (Å²) >= 11 is 0. The zero-order chi connectivity index (χ0) is 46.8. The summed E-state index contributed by atoms with van der Waals surface area (Å²) in [7, 11) is 0. The molecule has 0 atom stereocenters. The monoisotopic (exact) mass is 773 g/mol. The fourth-order valence-electron chi connectivity index (χ4n) is 8.28. The molecule has 0 spiro atoms. The molecule has 2 nitrogen and oxygen atoms in total. The lowest BCUT2D eigenvalue weighted by molar-refractivity contribution is 0.670. The largest absolute Gasteiger partial charge is 0.455 e. The Morgan fingerprint density at radius 1 is 0.317 bits per heavy atom. The quantitative estimate of drug-likeness (QED) is 0.153. The van der Waals surface area contributed by atoms with E-state index in [0.717, 1.165) is 49.4 Å². The van der Waals surface area contributed by atoms with Crippen molar-refractivity contribution in [2.45, 2.75) is 0 Å². The predicted molar refractivity (Wildman–Crippen MR) is 253 cm³/mol. The van der Waals surface area contributed by atoms with Crippen molar-refractivity contribution < 1.29 is 15.4 Å². The molecule has 60 heavy (non-hydrogen) atoms. The minimum atomic E-state index is -0.443. The summed E-state index contributed by atoms with van der Waals surface area (Å²) in [6.07, 6.45) is 0. The summed E-state index contributed by atoms with van der Waals surface area (Å²) in [5, 5.41) is 3.24. The number of para-hydroxylation sites is 3. The fraction of sp³-hybridized carbons (Fsp3) is 0. The zero-order valence-corrected chi connectivity index (χ0v) is 32.3. The second-order valence-electron chi connectivity index (χ2n) is 14.6. The number of rotatable bonds is 8. The Kier molecular flexibility index (Phi) is 6.96. The van der Waals surface area contributed by atoms with E-state index >= 15 is 0 Å². The van der Waals surface area contributed by atoms with E-state index in [9.17, 15) is 11.0 Å². The van der Waals surface area contributed by atoms with Gasteiger partial charge in [0.25, 0.3) is 0 Å². The molecule has 1 aromatic heterocycles. The van der Waals surface area contributed by atoms with Crippen molar-refractivity contribution >= 4 is 49.8 Å². The molecular weight excluding hydrogens is 727 g/mol. The van der Waals surface area contributed by atoms with E-state index in [-0.39, 0.29) is 46.7 Å². The number of benzene rings is 10. The van der Waals surface area contributed by atoms with E-state index in [1.807, 2.05) is 133 Å². The second-order valence-corrected chi connectivity index (χ2v) is 14.6. The van der Waals surface area contributed by atoms with Gasteiger partial charge in [-0.05, 0) is 91.6 Å². The molecule has 0 aliphatic heterocycles. The van der Waals surface area contributed by atoms with Crippen molar-refractivity contribution in [2.24, 2.45) is 0 Å². The van der Waals surface area contributed by atoms with E-state index < -0.39 is 24.2 Å². The van der Waals surface area contributed by atoms with Gasteiger partial charge in [-0.3, -0.25) is 0 Å². The van der Waals surface area contributed by atoms with Crippen molar-refractivity contribution in [3.63, 3.8) is 0 Å². The van der Waals surface area contributed by atoms with E-state index in [2.05, 4.69) is 24.3 Å². The third-order valence-corrected chi connectivity index (χ3v) is 11.1. The summed E-state index contributed by atoms with van der Waals surface area (Å²) in [6, 6.07) is 56.3. The van der Waals surface area contributed by atoms with Crippen molar-refractivity contribution in [3.8, 4) is 55.6 Å². The van der Waals surface area contributed by atoms with Crippen LogP contribution in [0.15, 0.2) is 241 Å². The molecular formula is C58H39NO. The first-order valence-corrected chi connectivity index (χ1v) is 19.9. The highest BCUT2D eigenvalue weighted by atomic mass is 16.3. The van der Waals surface area contributed by atoms with Crippen LogP contribution in [0.3, 0.4) is 0 Å². The highest BCUT2D eigenvalue weighted by Crippen LogP contribution is 2.46. The number of fused-ring (bicyclic) bond motifs is 4. The summed E-state index contributed by atoms with van der Waals surface area (Å²) in [4.78, 5) is 1.40. The summed E-state index contributed by atoms with van der Waals surface area (Å²) in [6.45, 7) is 0. The fourth-order valence-corrected chi connectivity index (χ4v) is 8.28. The first-order chi connectivity index (χ1) is 33.1. The number of anilines is 3. The molecule has 0 fully saturated rings. The molecule has 0 aliphatic rings. The Bertz CT molecular complexity index is 3750. The van der Waals surface area contributed by atoms with Gasteiger partial charge in [0.15, 0.2) is 0 Å². The first-order valence-electron chi connectivity index (χ1n) is 23.9. The summed E-state index contributed by atoms with van der Waals surface area (Å²) < 4.78 is 84.5. The molecule has 11 aromatic rings. The topological polar surface area (TPSA) is 16.4 Å². The Hall–Kier alpha value is -7.94. The average molecular weight is 774 g/mol. The van der Waals surface area contributed by atoms with Crippen LogP contribution in [0, 0.1) is 0 Å². The number of furan rings is 1. The molecule has 0 amide bonds. The maximum Gasteiger partial charge on any atom is 0.143 e. The highest BCUT2D eigenvalue weighted by Gasteiger charge is 2.21. The number of nitrogens with zero attached hydrogens (tertiary/aromatic N) is 1. The second kappa shape index (κ2) is 15.1. The van der Waals surface area contributed by atoms with Gasteiger partial charge in [-0.2, -0.15) is 0 Å². The summed E-state index contributed by atoms with van der Waals surface area (Å²) in [5.41, 5.74) is 7.07. The lowest BCUT2D eigenvalue weighted by Crippen LogP contribution is -2.11. The van der Waals surface area contributed by atoms with Gasteiger partial charge in [-0.1, -0.05) is 200 Å². The van der Waals surface area contributed by atoms with Gasteiger partial charge >= 0.3 is 0 Å². The minimum Gasteiger partial charge on any atom is -0.455 e. The third-order valence-electron chi connectivity index (χ3n) is 11.1. The smallest absolute Gasteiger partial charge is 0.143 e. The van der Waals surface area contributed by atoms with Crippen molar-refractivity contribution in [1.29, 1.82) is 0 Å². The standard InChI is InChI=1S/C58H39NO/c1-2-16-40(17-3-1)48-21-6-7-22-50(48)51-23-8-9-24-52(51)53-25-10-12-30-56(53)59(44-36-32-42(33-37-44)47-27-14-19-41-18-4-5-20-46(41)47)45-38-34-43(35-39-45)49-28-15-29-55-54-26-11-13-31-57(54)60-58(49)55/h1-39H/i32D,33D,34D,35D,36D,37D,38D,39D. The molecule has 282 valence electrons. The van der Waals surface area contributed by atoms with Crippen LogP contribution in [0.25, 0.3) is 88.3 Å². The van der Waals surface area contributed by atoms with Crippen molar-refractivity contribution in [1.82, 2.24) is 0 Å². The molecule has 0 radical (unpaired) electrons. The molecule has 2 heteroatoms. The number of hydrogen-bond acceptors (Lipinski definition) is 2. The number of hydrogen-bond donors (Lipinski definition) is 0. The molecule has 0 aliphatic carbocycles. The molecule has 11 rings (SSSR count). The van der Waals surface area contributed by atoms with E-state index in [1.165, 1.54) is 4.90 Å². The van der Waals surface area contributed by atoms with E-state index in [4.69, 9.17) is 4.42 Å². The van der Waals surface area contributed by atoms with E-state index in [1.54, 1.807) is 30.3 Å². The first kappa shape index (κ1) is 27.7. The van der Waals surface area contributed by atoms with Crippen LogP contribution in [-0.2, 0) is 0 Å². The van der Waals surface area contributed by atoms with Crippen LogP contribution in [0.2, 0.25) is 0 Å². The average Bonchev–Trinajstić information content (AvgIpc) is 3.77. The maximum atomic E-state index is 9.88. The van der Waals surface area contributed by atoms with Gasteiger partial charge in [0, 0.05) is 33.3 Å². The van der Waals surface area contributed by atoms with Gasteiger partial charge in [0.1, 0.15) is 11.2 Å². The molecule has 0 unspecified atom stereocenters. The van der Waals surface area contributed by atoms with Crippen LogP contribution in [-0.4, -0.2) is 0 Å². The third kappa shape index (κ3) is 6.23. The lowest BCUT2D eigenvalue weighted by Gasteiger charge is -2.29. The molecule has 1 heterocycles. The van der Waals surface area contributed by atoms with Crippen LogP contribution < -0.4 is 4.90 Å². The van der Waals surface area contributed by atoms with Gasteiger partial charge in [-0.15, -0.1) is 0 Å². The molecule has 0 saturated carbocycles. The normalized spacial score (nSPS) is 13.2. The Balaban J connectivity index is 1.20. The molecule has 0 N–H and O–H groups in total. The van der Waals surface area contributed by atoms with Crippen molar-refractivity contribution in [2.75, 3.05) is 4.90 Å². The minimum absolute atomic E-state index is 0.0235. The Morgan fingerprint density at radius 2 is 0.783 bits per heavy atom. The van der Waals surface area contributed by atoms with Crippen LogP contribution in [0.4, 0.5) is 17.1 Å². The van der Waals surface area contributed by atoms with Crippen molar-refractivity contribution in [3.05, 3.63) is 236 Å². The van der Waals surface area contributed by atoms with Crippen LogP contribution in [0.1, 0.15) is 11.0 Å². The predicted octanol–water partition coefficient (Wildman–Crippen LogP) is 16.5. The summed E-state index contributed by atoms with van der Waals surface area (Å²) in [5.74, 6) is 0. The lowest BCUT2D eigenvalue weighted by atomic mass is 9.88. The Morgan fingerprint density at radius 3 is 1.52 bits per heavy atom. The molecule has 0 saturated heterocycles. The SMILES string of the molecule is [2H]c1c([2H])c(N(c2ccccc2-c2ccccc2-c2ccccc2-c2ccccc2)c2c([2H])c([2H])c(-c3cccc4c3oc3ccccc34)c([2H])c2[2H])c([2H])c([2H])c1-c1cccc2ccccc12. The maximum absolute atomic E-state index is 9.88. The van der Waals surface area contributed by atoms with Gasteiger partial charge in [0.2, 0.25) is 0 Å². The molecule has 0 bridgehead atoms. The van der Waals surface area contributed by atoms with Gasteiger partial charge in [0.05, 0.1) is 16.7 Å². The van der Waals surface area contributed by atoms with Gasteiger partial charge in [-0.25, -0.2) is 0 Å². The molecule has 10 aromatic carbocycles. The zero-order valence-electron chi connectivity index (χ0n) is 40.3. The van der Waals surface area contributed by atoms with Gasteiger partial charge < -0.3 is 9.32 Å². The highest BCUT2D eigenvalue weighted by molar-refractivity contribution is 6.09. The van der Waals surface area contributed by atoms with Crippen LogP contribution in [0.5, 0.6) is 0 Å². The van der Waals surface area contributed by atoms with Crippen LogP contribution >= 0.6 is 0 Å². The van der Waals surface area contributed by atoms with E-state index in [0.29, 0.717) is 33.5 Å². The Labute approximate surface area is 361 Å².